The van der Waals surface area contributed by atoms with Crippen molar-refractivity contribution in [3.05, 3.63) is 89.6 Å². The molecule has 1 atom stereocenters. The number of pyridine rings is 1. The fourth-order valence-electron chi connectivity index (χ4n) is 3.33. The van der Waals surface area contributed by atoms with Gasteiger partial charge in [-0.2, -0.15) is 5.26 Å². The molecule has 3 aromatic rings. The van der Waals surface area contributed by atoms with Crippen LogP contribution in [0.5, 0.6) is 0 Å². The summed E-state index contributed by atoms with van der Waals surface area (Å²) in [6.07, 6.45) is 2.36. The number of nitrogens with zero attached hydrogens (tertiary/aromatic N) is 2. The van der Waals surface area contributed by atoms with Crippen molar-refractivity contribution in [3.8, 4) is 6.07 Å². The van der Waals surface area contributed by atoms with Gasteiger partial charge in [-0.3, -0.25) is 9.59 Å². The minimum atomic E-state index is -0.545. The fourth-order valence-corrected chi connectivity index (χ4v) is 3.33. The van der Waals surface area contributed by atoms with Crippen molar-refractivity contribution in [1.29, 1.82) is 5.26 Å². The van der Waals surface area contributed by atoms with Crippen LogP contribution in [-0.4, -0.2) is 36.4 Å². The van der Waals surface area contributed by atoms with E-state index in [0.29, 0.717) is 31.0 Å². The molecule has 8 nitrogen and oxygen atoms in total. The molecule has 3 rings (SSSR count). The van der Waals surface area contributed by atoms with E-state index in [-0.39, 0.29) is 11.8 Å². The van der Waals surface area contributed by atoms with E-state index in [9.17, 15) is 9.59 Å². The van der Waals surface area contributed by atoms with E-state index >= 15 is 0 Å². The first kappa shape index (κ1) is 24.4. The minimum absolute atomic E-state index is 0.0727. The van der Waals surface area contributed by atoms with Crippen molar-refractivity contribution in [1.82, 2.24) is 15.6 Å². The molecule has 1 aromatic heterocycles. The van der Waals surface area contributed by atoms with Crippen molar-refractivity contribution >= 4 is 23.3 Å². The highest BCUT2D eigenvalue weighted by atomic mass is 16.2. The van der Waals surface area contributed by atoms with Gasteiger partial charge in [-0.15, -0.1) is 0 Å². The van der Waals surface area contributed by atoms with Crippen molar-refractivity contribution in [2.24, 2.45) is 0 Å². The van der Waals surface area contributed by atoms with Gasteiger partial charge in [0.15, 0.2) is 0 Å². The molecule has 0 radical (unpaired) electrons. The van der Waals surface area contributed by atoms with Crippen LogP contribution in [0.1, 0.15) is 29.7 Å². The Hall–Kier alpha value is -4.22. The zero-order chi connectivity index (χ0) is 24.2. The normalized spacial score (nSPS) is 11.2. The maximum absolute atomic E-state index is 13.1. The number of hydrogen-bond donors (Lipinski definition) is 4. The van der Waals surface area contributed by atoms with Gasteiger partial charge >= 0.3 is 0 Å². The summed E-state index contributed by atoms with van der Waals surface area (Å²) in [6, 6.07) is 22.1. The van der Waals surface area contributed by atoms with Crippen LogP contribution in [0.2, 0.25) is 0 Å². The first-order valence-corrected chi connectivity index (χ1v) is 11.1. The lowest BCUT2D eigenvalue weighted by molar-refractivity contribution is -0.119. The van der Waals surface area contributed by atoms with Gasteiger partial charge < -0.3 is 21.3 Å². The van der Waals surface area contributed by atoms with Crippen molar-refractivity contribution in [2.45, 2.75) is 19.4 Å². The maximum Gasteiger partial charge on any atom is 0.247 e. The lowest BCUT2D eigenvalue weighted by atomic mass is 10.1. The summed E-state index contributed by atoms with van der Waals surface area (Å²) in [6.45, 7) is 3.15. The zero-order valence-electron chi connectivity index (χ0n) is 19.0. The Bertz CT molecular complexity index is 1110. The van der Waals surface area contributed by atoms with Gasteiger partial charge in [0.25, 0.3) is 0 Å². The van der Waals surface area contributed by atoms with E-state index in [4.69, 9.17) is 5.26 Å². The third kappa shape index (κ3) is 7.73. The minimum Gasteiger partial charge on any atom is -0.382 e. The largest absolute Gasteiger partial charge is 0.382 e. The predicted octanol–water partition coefficient (Wildman–Crippen LogP) is 3.01. The van der Waals surface area contributed by atoms with Crippen LogP contribution in [0.25, 0.3) is 0 Å². The average molecular weight is 457 g/mol. The Balaban J connectivity index is 1.58. The molecule has 174 valence electrons. The third-order valence-corrected chi connectivity index (χ3v) is 5.08. The monoisotopic (exact) mass is 456 g/mol. The number of carbonyl (C=O) groups is 2. The van der Waals surface area contributed by atoms with E-state index in [2.05, 4.69) is 32.3 Å². The van der Waals surface area contributed by atoms with Gasteiger partial charge in [0.05, 0.1) is 23.5 Å². The number of nitrogens with one attached hydrogen (secondary N) is 4. The molecular weight excluding hydrogens is 428 g/mol. The number of benzene rings is 2. The Kier molecular flexibility index (Phi) is 9.14. The quantitative estimate of drug-likeness (QED) is 0.329. The molecule has 0 saturated heterocycles. The SMILES string of the molecule is CC(=O)NCCNc1ccc(NC(=O)C(NCCc2ccc(C#N)cc2)c2ccccc2)nc1. The highest BCUT2D eigenvalue weighted by Crippen LogP contribution is 2.17. The van der Waals surface area contributed by atoms with E-state index in [0.717, 1.165) is 23.2 Å². The molecule has 1 heterocycles. The average Bonchev–Trinajstić information content (AvgIpc) is 2.86. The number of carbonyl (C=O) groups excluding carboxylic acids is 2. The molecule has 0 spiro atoms. The van der Waals surface area contributed by atoms with Crippen LogP contribution < -0.4 is 21.3 Å². The number of rotatable bonds is 11. The zero-order valence-corrected chi connectivity index (χ0v) is 19.0. The van der Waals surface area contributed by atoms with Gasteiger partial charge in [-0.05, 0) is 41.8 Å². The molecule has 2 amide bonds. The highest BCUT2D eigenvalue weighted by molar-refractivity contribution is 5.94. The molecule has 0 aliphatic heterocycles. The molecule has 0 aliphatic carbocycles. The Labute approximate surface area is 199 Å². The third-order valence-electron chi connectivity index (χ3n) is 5.08. The first-order valence-electron chi connectivity index (χ1n) is 11.1. The van der Waals surface area contributed by atoms with Gasteiger partial charge in [0.1, 0.15) is 11.9 Å². The van der Waals surface area contributed by atoms with Gasteiger partial charge in [0, 0.05) is 26.6 Å². The van der Waals surface area contributed by atoms with Gasteiger partial charge in [0.2, 0.25) is 11.8 Å². The van der Waals surface area contributed by atoms with Crippen LogP contribution >= 0.6 is 0 Å². The number of hydrogen-bond acceptors (Lipinski definition) is 6. The number of amides is 2. The highest BCUT2D eigenvalue weighted by Gasteiger charge is 2.20. The summed E-state index contributed by atoms with van der Waals surface area (Å²) >= 11 is 0. The number of nitriles is 1. The fraction of sp³-hybridized carbons (Fsp3) is 0.231. The molecule has 2 aromatic carbocycles. The Morgan fingerprint density at radius 1 is 0.971 bits per heavy atom. The van der Waals surface area contributed by atoms with Gasteiger partial charge in [-0.1, -0.05) is 42.5 Å². The second kappa shape index (κ2) is 12.7. The summed E-state index contributed by atoms with van der Waals surface area (Å²) in [5, 5.41) is 21.0. The van der Waals surface area contributed by atoms with Crippen LogP contribution in [0.4, 0.5) is 11.5 Å². The maximum atomic E-state index is 13.1. The second-order valence-corrected chi connectivity index (χ2v) is 7.69. The molecular formula is C26H28N6O2. The molecule has 0 fully saturated rings. The molecule has 0 bridgehead atoms. The first-order chi connectivity index (χ1) is 16.5. The smallest absolute Gasteiger partial charge is 0.247 e. The lowest BCUT2D eigenvalue weighted by Crippen LogP contribution is -2.34. The molecule has 34 heavy (non-hydrogen) atoms. The van der Waals surface area contributed by atoms with Crippen LogP contribution in [-0.2, 0) is 16.0 Å². The molecule has 0 aliphatic rings. The molecule has 0 saturated carbocycles. The summed E-state index contributed by atoms with van der Waals surface area (Å²) in [4.78, 5) is 28.3. The lowest BCUT2D eigenvalue weighted by Gasteiger charge is -2.19. The van der Waals surface area contributed by atoms with Crippen LogP contribution in [0.15, 0.2) is 72.9 Å². The topological polar surface area (TPSA) is 119 Å². The van der Waals surface area contributed by atoms with Crippen LogP contribution in [0.3, 0.4) is 0 Å². The van der Waals surface area contributed by atoms with E-state index in [1.807, 2.05) is 48.5 Å². The van der Waals surface area contributed by atoms with Crippen LogP contribution in [0, 0.1) is 11.3 Å². The summed E-state index contributed by atoms with van der Waals surface area (Å²) < 4.78 is 0. The second-order valence-electron chi connectivity index (χ2n) is 7.69. The summed E-state index contributed by atoms with van der Waals surface area (Å²) in [5.74, 6) is 0.175. The Morgan fingerprint density at radius 2 is 1.74 bits per heavy atom. The van der Waals surface area contributed by atoms with E-state index in [1.54, 1.807) is 24.4 Å². The molecule has 4 N–H and O–H groups in total. The van der Waals surface area contributed by atoms with E-state index < -0.39 is 6.04 Å². The van der Waals surface area contributed by atoms with Crippen molar-refractivity contribution in [3.63, 3.8) is 0 Å². The summed E-state index contributed by atoms with van der Waals surface area (Å²) in [5.41, 5.74) is 3.36. The van der Waals surface area contributed by atoms with Gasteiger partial charge in [-0.25, -0.2) is 4.98 Å². The van der Waals surface area contributed by atoms with Crippen molar-refractivity contribution in [2.75, 3.05) is 30.3 Å². The number of anilines is 2. The standard InChI is InChI=1S/C26H28N6O2/c1-19(33)28-15-16-29-23-11-12-24(31-18-23)32-26(34)25(22-5-3-2-4-6-22)30-14-13-20-7-9-21(17-27)10-8-20/h2-12,18,25,29-30H,13-16H2,1H3,(H,28,33)(H,31,32,34). The van der Waals surface area contributed by atoms with E-state index in [1.165, 1.54) is 6.92 Å². The Morgan fingerprint density at radius 3 is 2.38 bits per heavy atom. The summed E-state index contributed by atoms with van der Waals surface area (Å²) in [7, 11) is 0. The number of aromatic nitrogens is 1. The molecule has 8 heteroatoms. The molecule has 1 unspecified atom stereocenters. The predicted molar refractivity (Wildman–Crippen MR) is 132 cm³/mol. The van der Waals surface area contributed by atoms with Crippen molar-refractivity contribution < 1.29 is 9.59 Å².